The fourth-order valence-electron chi connectivity index (χ4n) is 3.24. The number of para-hydroxylation sites is 1. The van der Waals surface area contributed by atoms with E-state index in [9.17, 15) is 9.90 Å². The first-order valence-electron chi connectivity index (χ1n) is 10.3. The normalized spacial score (nSPS) is 12.1. The number of hydrogen-bond acceptors (Lipinski definition) is 6. The maximum atomic E-state index is 12.9. The molecule has 0 aliphatic heterocycles. The summed E-state index contributed by atoms with van der Waals surface area (Å²) in [5, 5.41) is 16.3. The summed E-state index contributed by atoms with van der Waals surface area (Å²) >= 11 is 6.04. The highest BCUT2D eigenvalue weighted by Gasteiger charge is 2.18. The average molecular weight is 464 g/mol. The van der Waals surface area contributed by atoms with Crippen LogP contribution in [0.2, 0.25) is 5.02 Å². The summed E-state index contributed by atoms with van der Waals surface area (Å²) in [6.07, 6.45) is 3.34. The molecule has 0 bridgehead atoms. The zero-order chi connectivity index (χ0) is 23.8. The molecule has 170 valence electrons. The van der Waals surface area contributed by atoms with Crippen LogP contribution in [0.1, 0.15) is 17.2 Å². The van der Waals surface area contributed by atoms with Gasteiger partial charge in [0.2, 0.25) is 0 Å². The lowest BCUT2D eigenvalue weighted by Crippen LogP contribution is -2.32. The maximum Gasteiger partial charge on any atom is 0.271 e. The molecule has 0 saturated carbocycles. The number of pyridine rings is 1. The molecule has 2 aromatic carbocycles. The summed E-state index contributed by atoms with van der Waals surface area (Å²) in [7, 11) is 1.81. The van der Waals surface area contributed by atoms with Gasteiger partial charge < -0.3 is 20.6 Å². The van der Waals surface area contributed by atoms with Crippen LogP contribution >= 0.6 is 11.6 Å². The van der Waals surface area contributed by atoms with Gasteiger partial charge in [-0.2, -0.15) is 0 Å². The number of aliphatic hydroxyl groups is 1. The van der Waals surface area contributed by atoms with Crippen LogP contribution in [0.25, 0.3) is 0 Å². The van der Waals surface area contributed by atoms with Crippen molar-refractivity contribution >= 4 is 41.4 Å². The molecular formula is C25H26ClN5O2. The van der Waals surface area contributed by atoms with Crippen molar-refractivity contribution in [3.63, 3.8) is 0 Å². The Morgan fingerprint density at radius 3 is 2.67 bits per heavy atom. The van der Waals surface area contributed by atoms with Crippen LogP contribution in [0.4, 0.5) is 17.2 Å². The van der Waals surface area contributed by atoms with E-state index in [4.69, 9.17) is 11.6 Å². The maximum absolute atomic E-state index is 12.9. The molecule has 0 aliphatic carbocycles. The van der Waals surface area contributed by atoms with Gasteiger partial charge in [0, 0.05) is 41.9 Å². The molecule has 1 atom stereocenters. The van der Waals surface area contributed by atoms with Crippen LogP contribution in [0.15, 0.2) is 83.7 Å². The molecule has 1 heterocycles. The number of nitrogens with zero attached hydrogens (tertiary/aromatic N) is 3. The summed E-state index contributed by atoms with van der Waals surface area (Å²) in [6, 6.07) is 18.0. The van der Waals surface area contributed by atoms with E-state index in [2.05, 4.69) is 27.3 Å². The van der Waals surface area contributed by atoms with Crippen molar-refractivity contribution < 1.29 is 9.90 Å². The lowest BCUT2D eigenvalue weighted by Gasteiger charge is -2.20. The third-order valence-corrected chi connectivity index (χ3v) is 5.19. The third kappa shape index (κ3) is 6.41. The van der Waals surface area contributed by atoms with Gasteiger partial charge in [-0.05, 0) is 49.0 Å². The molecule has 3 N–H and O–H groups in total. The van der Waals surface area contributed by atoms with Gasteiger partial charge in [-0.3, -0.25) is 9.79 Å². The topological polar surface area (TPSA) is 89.8 Å². The number of benzene rings is 2. The molecule has 1 aromatic heterocycles. The van der Waals surface area contributed by atoms with Gasteiger partial charge >= 0.3 is 0 Å². The van der Waals surface area contributed by atoms with Gasteiger partial charge in [-0.25, -0.2) is 4.98 Å². The Hall–Kier alpha value is -3.68. The second kappa shape index (κ2) is 11.3. The van der Waals surface area contributed by atoms with E-state index in [1.54, 1.807) is 41.6 Å². The van der Waals surface area contributed by atoms with Crippen LogP contribution in [0, 0.1) is 6.92 Å². The van der Waals surface area contributed by atoms with Crippen molar-refractivity contribution in [1.29, 1.82) is 0 Å². The fourth-order valence-corrected chi connectivity index (χ4v) is 3.44. The Labute approximate surface area is 198 Å². The van der Waals surface area contributed by atoms with Crippen molar-refractivity contribution in [3.05, 3.63) is 94.9 Å². The molecule has 3 aromatic rings. The van der Waals surface area contributed by atoms with Crippen LogP contribution in [0.5, 0.6) is 0 Å². The summed E-state index contributed by atoms with van der Waals surface area (Å²) in [4.78, 5) is 23.0. The van der Waals surface area contributed by atoms with Gasteiger partial charge in [0.25, 0.3) is 5.91 Å². The standard InChI is InChI=1S/C25H26ClN5O2/c1-17-14-28-24(29-20-10-5-4-6-11-20)13-23(17)31(3)15-21(27-2)25(33)30-22(16-32)18-8-7-9-19(26)12-18/h4-15,22,32H,2,16H2,1,3H3,(H,28,29)(H,30,33)/b21-15-. The molecule has 7 nitrogen and oxygen atoms in total. The quantitative estimate of drug-likeness (QED) is 0.318. The minimum Gasteiger partial charge on any atom is -0.394 e. The van der Waals surface area contributed by atoms with E-state index >= 15 is 0 Å². The number of rotatable bonds is 9. The van der Waals surface area contributed by atoms with Gasteiger partial charge in [0.05, 0.1) is 12.6 Å². The first-order chi connectivity index (χ1) is 15.9. The number of aliphatic hydroxyl groups excluding tert-OH is 1. The SMILES string of the molecule is C=N/C(=C\N(C)c1cc(Nc2ccccc2)ncc1C)C(=O)NC(CO)c1cccc(Cl)c1. The average Bonchev–Trinajstić information content (AvgIpc) is 2.82. The van der Waals surface area contributed by atoms with Gasteiger partial charge in [0.1, 0.15) is 11.5 Å². The van der Waals surface area contributed by atoms with E-state index in [-0.39, 0.29) is 12.3 Å². The number of anilines is 3. The number of carbonyl (C=O) groups excluding carboxylic acids is 1. The van der Waals surface area contributed by atoms with Crippen molar-refractivity contribution in [2.45, 2.75) is 13.0 Å². The first-order valence-corrected chi connectivity index (χ1v) is 10.7. The lowest BCUT2D eigenvalue weighted by atomic mass is 10.1. The molecule has 1 unspecified atom stereocenters. The number of carbonyl (C=O) groups is 1. The fraction of sp³-hybridized carbons (Fsp3) is 0.160. The van der Waals surface area contributed by atoms with Crippen LogP contribution < -0.4 is 15.5 Å². The van der Waals surface area contributed by atoms with Crippen molar-refractivity contribution in [2.24, 2.45) is 4.99 Å². The number of aryl methyl sites for hydroxylation is 1. The molecule has 0 aliphatic rings. The molecule has 0 radical (unpaired) electrons. The number of amides is 1. The van der Waals surface area contributed by atoms with Crippen LogP contribution in [-0.2, 0) is 4.79 Å². The van der Waals surface area contributed by atoms with E-state index in [1.807, 2.05) is 50.4 Å². The predicted octanol–water partition coefficient (Wildman–Crippen LogP) is 4.62. The largest absolute Gasteiger partial charge is 0.394 e. The highest BCUT2D eigenvalue weighted by molar-refractivity contribution is 6.30. The summed E-state index contributed by atoms with van der Waals surface area (Å²) in [5.41, 5.74) is 3.47. The third-order valence-electron chi connectivity index (χ3n) is 4.96. The molecular weight excluding hydrogens is 438 g/mol. The Balaban J connectivity index is 1.79. The zero-order valence-electron chi connectivity index (χ0n) is 18.5. The van der Waals surface area contributed by atoms with E-state index in [0.29, 0.717) is 16.4 Å². The van der Waals surface area contributed by atoms with Crippen LogP contribution in [-0.4, -0.2) is 36.4 Å². The number of halogens is 1. The Morgan fingerprint density at radius 1 is 1.24 bits per heavy atom. The van der Waals surface area contributed by atoms with Crippen molar-refractivity contribution in [1.82, 2.24) is 10.3 Å². The van der Waals surface area contributed by atoms with E-state index in [1.165, 1.54) is 0 Å². The number of nitrogens with one attached hydrogen (secondary N) is 2. The number of aromatic nitrogens is 1. The minimum absolute atomic E-state index is 0.103. The molecule has 8 heteroatoms. The van der Waals surface area contributed by atoms with Crippen LogP contribution in [0.3, 0.4) is 0 Å². The Kier molecular flexibility index (Phi) is 8.18. The van der Waals surface area contributed by atoms with Gasteiger partial charge in [0.15, 0.2) is 0 Å². The second-order valence-electron chi connectivity index (χ2n) is 7.39. The Bertz CT molecular complexity index is 1150. The van der Waals surface area contributed by atoms with Crippen molar-refractivity contribution in [3.8, 4) is 0 Å². The molecule has 1 amide bonds. The Morgan fingerprint density at radius 2 is 2.00 bits per heavy atom. The smallest absolute Gasteiger partial charge is 0.271 e. The van der Waals surface area contributed by atoms with Crippen molar-refractivity contribution in [2.75, 3.05) is 23.9 Å². The summed E-state index contributed by atoms with van der Waals surface area (Å²) < 4.78 is 0. The predicted molar refractivity (Wildman–Crippen MR) is 134 cm³/mol. The highest BCUT2D eigenvalue weighted by atomic mass is 35.5. The molecule has 33 heavy (non-hydrogen) atoms. The van der Waals surface area contributed by atoms with Gasteiger partial charge in [-0.1, -0.05) is 41.9 Å². The van der Waals surface area contributed by atoms with E-state index < -0.39 is 11.9 Å². The molecule has 0 fully saturated rings. The second-order valence-corrected chi connectivity index (χ2v) is 7.83. The summed E-state index contributed by atoms with van der Waals surface area (Å²) in [5.74, 6) is 0.200. The lowest BCUT2D eigenvalue weighted by molar-refractivity contribution is -0.118. The monoisotopic (exact) mass is 463 g/mol. The molecule has 3 rings (SSSR count). The number of hydrogen-bond donors (Lipinski definition) is 3. The number of aliphatic imine (C=N–C) groups is 1. The zero-order valence-corrected chi connectivity index (χ0v) is 19.3. The highest BCUT2D eigenvalue weighted by Crippen LogP contribution is 2.25. The van der Waals surface area contributed by atoms with Gasteiger partial charge in [-0.15, -0.1) is 0 Å². The first kappa shape index (κ1) is 24.0. The molecule has 0 spiro atoms. The summed E-state index contributed by atoms with van der Waals surface area (Å²) in [6.45, 7) is 5.17. The minimum atomic E-state index is -0.629. The molecule has 0 saturated heterocycles. The van der Waals surface area contributed by atoms with E-state index in [0.717, 1.165) is 16.9 Å².